The molecule has 0 saturated carbocycles. The van der Waals surface area contributed by atoms with E-state index in [2.05, 4.69) is 26.0 Å². The third kappa shape index (κ3) is 5.77. The number of carbonyl (C=O) groups is 1. The molecule has 0 amide bonds. The minimum Gasteiger partial charge on any atom is -0.467 e. The highest BCUT2D eigenvalue weighted by Crippen LogP contribution is 2.41. The molecule has 0 radical (unpaired) electrons. The van der Waals surface area contributed by atoms with Crippen molar-refractivity contribution in [1.82, 2.24) is 4.72 Å². The van der Waals surface area contributed by atoms with E-state index >= 15 is 0 Å². The van der Waals surface area contributed by atoms with Gasteiger partial charge in [0.2, 0.25) is 10.0 Å². The van der Waals surface area contributed by atoms with Crippen molar-refractivity contribution in [2.24, 2.45) is 0 Å². The van der Waals surface area contributed by atoms with E-state index in [1.165, 1.54) is 7.11 Å². The summed E-state index contributed by atoms with van der Waals surface area (Å²) >= 11 is 3.45. The second kappa shape index (κ2) is 11.3. The molecule has 6 nitrogen and oxygen atoms in total. The van der Waals surface area contributed by atoms with Gasteiger partial charge in [-0.2, -0.15) is 0 Å². The van der Waals surface area contributed by atoms with Gasteiger partial charge in [0.05, 0.1) is 18.0 Å². The third-order valence-electron chi connectivity index (χ3n) is 6.09. The van der Waals surface area contributed by atoms with Gasteiger partial charge in [0.1, 0.15) is 0 Å². The number of aryl methyl sites for hydroxylation is 1. The van der Waals surface area contributed by atoms with Gasteiger partial charge in [-0.05, 0) is 54.4 Å². The van der Waals surface area contributed by atoms with E-state index in [1.807, 2.05) is 43.3 Å². The van der Waals surface area contributed by atoms with Gasteiger partial charge in [-0.3, -0.25) is 0 Å². The average molecular weight is 580 g/mol. The van der Waals surface area contributed by atoms with Crippen LogP contribution in [0.5, 0.6) is 0 Å². The number of ether oxygens (including phenoxy) is 1. The van der Waals surface area contributed by atoms with Crippen molar-refractivity contribution in [2.45, 2.75) is 23.4 Å². The van der Waals surface area contributed by atoms with Crippen LogP contribution in [-0.4, -0.2) is 21.5 Å². The normalized spacial score (nSPS) is 13.8. The Labute approximate surface area is 225 Å². The van der Waals surface area contributed by atoms with Gasteiger partial charge in [0, 0.05) is 10.2 Å². The molecular weight excluding hydrogens is 552 g/mol. The highest BCUT2D eigenvalue weighted by molar-refractivity contribution is 9.10. The Morgan fingerprint density at radius 1 is 0.838 bits per heavy atom. The summed E-state index contributed by atoms with van der Waals surface area (Å²) in [4.78, 5) is 13.9. The van der Waals surface area contributed by atoms with Crippen molar-refractivity contribution >= 4 is 37.6 Å². The van der Waals surface area contributed by atoms with Crippen molar-refractivity contribution in [3.8, 4) is 0 Å². The smallest absolute Gasteiger partial charge is 0.338 e. The number of halogens is 1. The van der Waals surface area contributed by atoms with E-state index in [4.69, 9.17) is 4.74 Å². The third-order valence-corrected chi connectivity index (χ3v) is 8.06. The molecule has 37 heavy (non-hydrogen) atoms. The van der Waals surface area contributed by atoms with E-state index < -0.39 is 27.6 Å². The fraction of sp³-hybridized carbons (Fsp3) is 0.138. The highest BCUT2D eigenvalue weighted by atomic mass is 79.9. The summed E-state index contributed by atoms with van der Waals surface area (Å²) < 4.78 is 36.5. The Kier molecular flexibility index (Phi) is 8.12. The summed E-state index contributed by atoms with van der Waals surface area (Å²) in [5, 5.41) is 3.34. The number of hydrogen-bond donors (Lipinski definition) is 2. The predicted molar refractivity (Wildman–Crippen MR) is 149 cm³/mol. The monoisotopic (exact) mass is 578 g/mol. The first-order valence-electron chi connectivity index (χ1n) is 11.6. The minimum atomic E-state index is -4.07. The van der Waals surface area contributed by atoms with Crippen LogP contribution in [0, 0.1) is 6.92 Å². The molecule has 190 valence electrons. The number of benzene rings is 4. The molecule has 0 aliphatic carbocycles. The SMILES string of the molecule is COC(=O)[C@@](Nc1ccccc1)(c1ccccc1)[C@@H](NS(=O)(=O)c1ccc(C)cc1)c1ccc(Br)cc1. The summed E-state index contributed by atoms with van der Waals surface area (Å²) in [6.45, 7) is 1.88. The first kappa shape index (κ1) is 26.6. The van der Waals surface area contributed by atoms with E-state index in [0.29, 0.717) is 16.8 Å². The molecule has 0 spiro atoms. The summed E-state index contributed by atoms with van der Waals surface area (Å²) in [5.41, 5.74) is 0.987. The van der Waals surface area contributed by atoms with Crippen LogP contribution in [0.3, 0.4) is 0 Å². The number of carbonyl (C=O) groups excluding carboxylic acids is 1. The van der Waals surface area contributed by atoms with Crippen molar-refractivity contribution in [1.29, 1.82) is 0 Å². The number of esters is 1. The molecule has 0 aliphatic rings. The fourth-order valence-corrected chi connectivity index (χ4v) is 5.73. The Bertz CT molecular complexity index is 1450. The topological polar surface area (TPSA) is 84.5 Å². The number of methoxy groups -OCH3 is 1. The van der Waals surface area contributed by atoms with Crippen LogP contribution in [0.25, 0.3) is 0 Å². The lowest BCUT2D eigenvalue weighted by atomic mass is 9.79. The molecule has 0 bridgehead atoms. The van der Waals surface area contributed by atoms with E-state index in [0.717, 1.165) is 10.0 Å². The number of anilines is 1. The maximum atomic E-state index is 13.9. The standard InChI is InChI=1S/C29H27BrN2O4S/c1-21-13-19-26(20-14-21)37(34,35)32-27(22-15-17-24(30)18-16-22)29(28(33)36-2,23-9-5-3-6-10-23)31-25-11-7-4-8-12-25/h3-20,27,31-32H,1-2H3/t27-,29+/m0/s1. The van der Waals surface area contributed by atoms with Gasteiger partial charge in [-0.15, -0.1) is 0 Å². The fourth-order valence-electron chi connectivity index (χ4n) is 4.21. The van der Waals surface area contributed by atoms with Crippen molar-refractivity contribution in [2.75, 3.05) is 12.4 Å². The lowest BCUT2D eigenvalue weighted by Crippen LogP contribution is -2.54. The number of hydrogen-bond acceptors (Lipinski definition) is 5. The van der Waals surface area contributed by atoms with Gasteiger partial charge < -0.3 is 10.1 Å². The Morgan fingerprint density at radius 2 is 1.41 bits per heavy atom. The molecule has 4 rings (SSSR count). The first-order valence-corrected chi connectivity index (χ1v) is 13.9. The molecule has 0 aliphatic heterocycles. The molecule has 0 saturated heterocycles. The zero-order valence-electron chi connectivity index (χ0n) is 20.4. The summed E-state index contributed by atoms with van der Waals surface area (Å²) in [6.07, 6.45) is 0. The summed E-state index contributed by atoms with van der Waals surface area (Å²) in [7, 11) is -2.78. The van der Waals surface area contributed by atoms with Gasteiger partial charge in [-0.25, -0.2) is 17.9 Å². The largest absolute Gasteiger partial charge is 0.467 e. The molecule has 0 aromatic heterocycles. The number of nitrogens with one attached hydrogen (secondary N) is 2. The Morgan fingerprint density at radius 3 is 1.97 bits per heavy atom. The number of para-hydroxylation sites is 1. The summed E-state index contributed by atoms with van der Waals surface area (Å²) in [5.74, 6) is -0.651. The molecule has 0 unspecified atom stereocenters. The predicted octanol–water partition coefficient (Wildman–Crippen LogP) is 5.96. The molecule has 2 atom stereocenters. The zero-order chi connectivity index (χ0) is 26.5. The Balaban J connectivity index is 1.98. The quantitative estimate of drug-likeness (QED) is 0.239. The van der Waals surface area contributed by atoms with Gasteiger partial charge in [-0.1, -0.05) is 94.3 Å². The van der Waals surface area contributed by atoms with Crippen LogP contribution >= 0.6 is 15.9 Å². The second-order valence-electron chi connectivity index (χ2n) is 8.58. The van der Waals surface area contributed by atoms with Crippen LogP contribution < -0.4 is 10.0 Å². The second-order valence-corrected chi connectivity index (χ2v) is 11.2. The average Bonchev–Trinajstić information content (AvgIpc) is 2.92. The van der Waals surface area contributed by atoms with Crippen molar-refractivity contribution in [3.63, 3.8) is 0 Å². The minimum absolute atomic E-state index is 0.0896. The van der Waals surface area contributed by atoms with Crippen molar-refractivity contribution < 1.29 is 17.9 Å². The molecule has 4 aromatic rings. The molecule has 2 N–H and O–H groups in total. The lowest BCUT2D eigenvalue weighted by Gasteiger charge is -2.40. The molecule has 0 fully saturated rings. The maximum absolute atomic E-state index is 13.9. The van der Waals surface area contributed by atoms with Gasteiger partial charge >= 0.3 is 5.97 Å². The van der Waals surface area contributed by atoms with Gasteiger partial charge in [0.15, 0.2) is 5.54 Å². The van der Waals surface area contributed by atoms with Crippen molar-refractivity contribution in [3.05, 3.63) is 130 Å². The zero-order valence-corrected chi connectivity index (χ0v) is 22.8. The lowest BCUT2D eigenvalue weighted by molar-refractivity contribution is -0.147. The summed E-state index contributed by atoms with van der Waals surface area (Å²) in [6, 6.07) is 30.8. The van der Waals surface area contributed by atoms with E-state index in [9.17, 15) is 13.2 Å². The molecule has 4 aromatic carbocycles. The molecule has 0 heterocycles. The molecule has 8 heteroatoms. The first-order chi connectivity index (χ1) is 17.8. The maximum Gasteiger partial charge on any atom is 0.338 e. The van der Waals surface area contributed by atoms with Crippen LogP contribution in [-0.2, 0) is 25.1 Å². The van der Waals surface area contributed by atoms with E-state index in [-0.39, 0.29) is 4.90 Å². The molecular formula is C29H27BrN2O4S. The van der Waals surface area contributed by atoms with Crippen LogP contribution in [0.1, 0.15) is 22.7 Å². The van der Waals surface area contributed by atoms with Crippen LogP contribution in [0.4, 0.5) is 5.69 Å². The van der Waals surface area contributed by atoms with E-state index in [1.54, 1.807) is 72.8 Å². The van der Waals surface area contributed by atoms with Crippen LogP contribution in [0.2, 0.25) is 0 Å². The van der Waals surface area contributed by atoms with Crippen LogP contribution in [0.15, 0.2) is 119 Å². The Hall–Kier alpha value is -3.46. The number of rotatable bonds is 9. The van der Waals surface area contributed by atoms with Gasteiger partial charge in [0.25, 0.3) is 0 Å². The highest BCUT2D eigenvalue weighted by Gasteiger charge is 2.51. The number of sulfonamides is 1.